The molecule has 0 fully saturated rings. The molecule has 0 bridgehead atoms. The van der Waals surface area contributed by atoms with E-state index in [2.05, 4.69) is 41.5 Å². The van der Waals surface area contributed by atoms with Crippen LogP contribution in [0.3, 0.4) is 0 Å². The lowest BCUT2D eigenvalue weighted by Crippen LogP contribution is -2.32. The summed E-state index contributed by atoms with van der Waals surface area (Å²) < 4.78 is 0. The van der Waals surface area contributed by atoms with Crippen molar-refractivity contribution in [3.05, 3.63) is 5.92 Å². The summed E-state index contributed by atoms with van der Waals surface area (Å²) in [6.45, 7) is 13.2. The molecular weight excluding hydrogens is 146 g/mol. The molecule has 0 amide bonds. The van der Waals surface area contributed by atoms with E-state index < -0.39 is 0 Å². The third-order valence-electron chi connectivity index (χ3n) is 2.42. The van der Waals surface area contributed by atoms with Crippen molar-refractivity contribution in [3.63, 3.8) is 0 Å². The zero-order valence-electron chi connectivity index (χ0n) is 9.49. The van der Waals surface area contributed by atoms with Gasteiger partial charge in [-0.2, -0.15) is 0 Å². The molecule has 0 aliphatic carbocycles. The van der Waals surface area contributed by atoms with Crippen LogP contribution < -0.4 is 5.73 Å². The molecule has 0 unspecified atom stereocenters. The van der Waals surface area contributed by atoms with Crippen molar-refractivity contribution in [1.29, 1.82) is 0 Å². The second-order valence-electron chi connectivity index (χ2n) is 5.52. The van der Waals surface area contributed by atoms with Crippen molar-refractivity contribution in [2.24, 2.45) is 11.1 Å². The van der Waals surface area contributed by atoms with E-state index in [1.165, 1.54) is 0 Å². The molecule has 0 aromatic heterocycles. The monoisotopic (exact) mass is 170 g/mol. The molecule has 0 saturated heterocycles. The van der Waals surface area contributed by atoms with E-state index in [0.29, 0.717) is 5.41 Å². The molecule has 0 aromatic rings. The molecule has 0 heterocycles. The Hall–Kier alpha value is -0.170. The lowest BCUT2D eigenvalue weighted by Gasteiger charge is -2.21. The fraction of sp³-hybridized carbons (Fsp3) is 0.909. The molecule has 0 saturated carbocycles. The minimum Gasteiger partial charge on any atom is -0.325 e. The van der Waals surface area contributed by atoms with Gasteiger partial charge in [0.25, 0.3) is 0 Å². The molecule has 0 spiro atoms. The molecule has 1 nitrogen and oxygen atoms in total. The molecule has 0 radical (unpaired) electrons. The smallest absolute Gasteiger partial charge is 0.102 e. The molecular formula is C11H24N+. The average molecular weight is 170 g/mol. The van der Waals surface area contributed by atoms with Crippen LogP contribution in [-0.4, -0.2) is 5.54 Å². The molecule has 0 rings (SSSR count). The van der Waals surface area contributed by atoms with Crippen molar-refractivity contribution in [1.82, 2.24) is 0 Å². The number of hydrogen-bond donors (Lipinski definition) is 1. The normalized spacial score (nSPS) is 13.2. The summed E-state index contributed by atoms with van der Waals surface area (Å²) in [5, 5.41) is 0. The maximum Gasteiger partial charge on any atom is 0.102 e. The van der Waals surface area contributed by atoms with Crippen LogP contribution in [0.5, 0.6) is 0 Å². The van der Waals surface area contributed by atoms with E-state index in [1.807, 2.05) is 0 Å². The van der Waals surface area contributed by atoms with Gasteiger partial charge >= 0.3 is 0 Å². The van der Waals surface area contributed by atoms with Crippen LogP contribution in [0.15, 0.2) is 0 Å². The van der Waals surface area contributed by atoms with Crippen LogP contribution in [-0.2, 0) is 0 Å². The summed E-state index contributed by atoms with van der Waals surface area (Å²) in [5.74, 6) is 1.54. The van der Waals surface area contributed by atoms with Crippen molar-refractivity contribution in [3.8, 4) is 0 Å². The molecule has 0 aliphatic heterocycles. The van der Waals surface area contributed by atoms with Gasteiger partial charge in [0, 0.05) is 12.0 Å². The van der Waals surface area contributed by atoms with Crippen molar-refractivity contribution in [2.75, 3.05) is 0 Å². The fourth-order valence-corrected chi connectivity index (χ4v) is 0.885. The minimum absolute atomic E-state index is 0.0213. The van der Waals surface area contributed by atoms with Crippen molar-refractivity contribution in [2.45, 2.75) is 59.9 Å². The van der Waals surface area contributed by atoms with Gasteiger partial charge in [-0.25, -0.2) is 0 Å². The lowest BCUT2D eigenvalue weighted by molar-refractivity contribution is 0.373. The molecule has 0 aromatic carbocycles. The van der Waals surface area contributed by atoms with Gasteiger partial charge in [-0.1, -0.05) is 0 Å². The lowest BCUT2D eigenvalue weighted by atomic mass is 9.78. The zero-order valence-corrected chi connectivity index (χ0v) is 9.49. The maximum absolute atomic E-state index is 5.91. The van der Waals surface area contributed by atoms with E-state index in [4.69, 9.17) is 5.73 Å². The third-order valence-corrected chi connectivity index (χ3v) is 2.42. The first-order chi connectivity index (χ1) is 5.13. The summed E-state index contributed by atoms with van der Waals surface area (Å²) in [7, 11) is 0. The van der Waals surface area contributed by atoms with Gasteiger partial charge in [0.1, 0.15) is 5.41 Å². The van der Waals surface area contributed by atoms with Crippen LogP contribution in [0.4, 0.5) is 0 Å². The highest BCUT2D eigenvalue weighted by atomic mass is 14.7. The molecule has 0 aliphatic rings. The third kappa shape index (κ3) is 5.48. The molecule has 1 heteroatoms. The van der Waals surface area contributed by atoms with Crippen molar-refractivity contribution >= 4 is 0 Å². The van der Waals surface area contributed by atoms with Crippen LogP contribution in [0.25, 0.3) is 0 Å². The van der Waals surface area contributed by atoms with E-state index in [0.717, 1.165) is 12.8 Å². The van der Waals surface area contributed by atoms with Gasteiger partial charge in [-0.3, -0.25) is 0 Å². The quantitative estimate of drug-likeness (QED) is 0.647. The maximum atomic E-state index is 5.91. The van der Waals surface area contributed by atoms with Gasteiger partial charge in [-0.15, -0.1) is 0 Å². The first-order valence-electron chi connectivity index (χ1n) is 4.75. The second kappa shape index (κ2) is 3.69. The summed E-state index contributed by atoms with van der Waals surface area (Å²) in [4.78, 5) is 0. The largest absolute Gasteiger partial charge is 0.325 e. The Morgan fingerprint density at radius 1 is 1.08 bits per heavy atom. The molecule has 72 valence electrons. The van der Waals surface area contributed by atoms with E-state index in [9.17, 15) is 0 Å². The summed E-state index contributed by atoms with van der Waals surface area (Å²) >= 11 is 0. The topological polar surface area (TPSA) is 26.0 Å². The van der Waals surface area contributed by atoms with Crippen LogP contribution in [0.2, 0.25) is 0 Å². The molecule has 2 N–H and O–H groups in total. The first-order valence-corrected chi connectivity index (χ1v) is 4.75. The Morgan fingerprint density at radius 2 is 1.50 bits per heavy atom. The number of hydrogen-bond acceptors (Lipinski definition) is 1. The van der Waals surface area contributed by atoms with Gasteiger partial charge in [-0.05, 0) is 34.6 Å². The number of rotatable bonds is 3. The van der Waals surface area contributed by atoms with Crippen LogP contribution >= 0.6 is 0 Å². The minimum atomic E-state index is -0.0213. The van der Waals surface area contributed by atoms with Gasteiger partial charge in [0.2, 0.25) is 0 Å². The Balaban J connectivity index is 3.80. The Morgan fingerprint density at radius 3 is 1.75 bits per heavy atom. The zero-order chi connectivity index (χ0) is 9.99. The van der Waals surface area contributed by atoms with Gasteiger partial charge in [0.15, 0.2) is 0 Å². The van der Waals surface area contributed by atoms with Gasteiger partial charge < -0.3 is 5.73 Å². The predicted octanol–water partition coefficient (Wildman–Crippen LogP) is 3.14. The molecule has 12 heavy (non-hydrogen) atoms. The summed E-state index contributed by atoms with van der Waals surface area (Å²) in [6.07, 6.45) is 2.23. The van der Waals surface area contributed by atoms with Crippen LogP contribution in [0.1, 0.15) is 54.4 Å². The highest BCUT2D eigenvalue weighted by Crippen LogP contribution is 2.32. The van der Waals surface area contributed by atoms with E-state index in [-0.39, 0.29) is 5.54 Å². The highest BCUT2D eigenvalue weighted by molar-refractivity contribution is 4.97. The Kier molecular flexibility index (Phi) is 3.64. The van der Waals surface area contributed by atoms with E-state index in [1.54, 1.807) is 5.92 Å². The fourth-order valence-electron chi connectivity index (χ4n) is 0.885. The highest BCUT2D eigenvalue weighted by Gasteiger charge is 2.31. The predicted molar refractivity (Wildman–Crippen MR) is 55.9 cm³/mol. The molecule has 0 atom stereocenters. The summed E-state index contributed by atoms with van der Waals surface area (Å²) in [6, 6.07) is 0. The Bertz CT molecular complexity index is 125. The van der Waals surface area contributed by atoms with Crippen molar-refractivity contribution < 1.29 is 0 Å². The van der Waals surface area contributed by atoms with E-state index >= 15 is 0 Å². The number of nitrogens with two attached hydrogens (primary N) is 1. The Labute approximate surface area is 77.7 Å². The second-order valence-corrected chi connectivity index (χ2v) is 5.52. The first kappa shape index (κ1) is 11.8. The summed E-state index contributed by atoms with van der Waals surface area (Å²) in [5.41, 5.74) is 6.23. The van der Waals surface area contributed by atoms with Gasteiger partial charge in [0.05, 0.1) is 19.3 Å². The SMILES string of the molecule is C[C+](CCC(C)(C)N)C(C)(C)C. The average Bonchev–Trinajstić information content (AvgIpc) is 1.78. The van der Waals surface area contributed by atoms with Crippen LogP contribution in [0, 0.1) is 11.3 Å². The standard InChI is InChI=1S/C11H24N/c1-9(10(2,3)4)7-8-11(5,6)12/h7-8,12H2,1-6H3/q+1.